The van der Waals surface area contributed by atoms with Crippen molar-refractivity contribution in [2.45, 2.75) is 45.1 Å². The van der Waals surface area contributed by atoms with Gasteiger partial charge >= 0.3 is 0 Å². The van der Waals surface area contributed by atoms with Gasteiger partial charge in [0.15, 0.2) is 0 Å². The molecule has 7 heteroatoms. The number of aromatic nitrogens is 2. The number of nitrogens with one attached hydrogen (secondary N) is 1. The summed E-state index contributed by atoms with van der Waals surface area (Å²) < 4.78 is 13.1. The lowest BCUT2D eigenvalue weighted by molar-refractivity contribution is 0.0740. The van der Waals surface area contributed by atoms with Crippen molar-refractivity contribution in [3.63, 3.8) is 0 Å². The highest BCUT2D eigenvalue weighted by Gasteiger charge is 2.24. The number of nitrogens with zero attached hydrogens (tertiary/aromatic N) is 4. The first kappa shape index (κ1) is 19.6. The summed E-state index contributed by atoms with van der Waals surface area (Å²) in [5.41, 5.74) is 2.23. The third kappa shape index (κ3) is 4.83. The average molecular weight is 397 g/mol. The largest absolute Gasteiger partial charge is 0.368 e. The van der Waals surface area contributed by atoms with Gasteiger partial charge in [-0.25, -0.2) is 14.4 Å². The zero-order valence-electron chi connectivity index (χ0n) is 16.9. The number of carbonyl (C=O) groups excluding carboxylic acids is 1. The Balaban J connectivity index is 1.39. The van der Waals surface area contributed by atoms with E-state index in [-0.39, 0.29) is 11.7 Å². The Hall–Kier alpha value is -2.70. The van der Waals surface area contributed by atoms with E-state index in [1.54, 1.807) is 18.2 Å². The van der Waals surface area contributed by atoms with Crippen LogP contribution in [0.25, 0.3) is 0 Å². The fourth-order valence-electron chi connectivity index (χ4n) is 4.15. The molecule has 1 amide bonds. The first-order valence-electron chi connectivity index (χ1n) is 10.5. The van der Waals surface area contributed by atoms with Gasteiger partial charge in [0.1, 0.15) is 11.5 Å². The molecular weight excluding hydrogens is 369 g/mol. The molecule has 1 aliphatic carbocycles. The minimum Gasteiger partial charge on any atom is -0.368 e. The molecule has 154 valence electrons. The summed E-state index contributed by atoms with van der Waals surface area (Å²) >= 11 is 0. The number of amides is 1. The number of carbonyl (C=O) groups is 1. The van der Waals surface area contributed by atoms with Gasteiger partial charge in [-0.2, -0.15) is 0 Å². The van der Waals surface area contributed by atoms with Crippen LogP contribution in [0.15, 0.2) is 30.3 Å². The molecule has 2 heterocycles. The van der Waals surface area contributed by atoms with Crippen LogP contribution in [0.3, 0.4) is 0 Å². The highest BCUT2D eigenvalue weighted by Crippen LogP contribution is 2.21. The number of aryl methyl sites for hydroxylation is 1. The molecule has 0 unspecified atom stereocenters. The molecule has 0 atom stereocenters. The summed E-state index contributed by atoms with van der Waals surface area (Å²) in [5, 5.41) is 3.42. The molecule has 2 aromatic rings. The Morgan fingerprint density at radius 2 is 1.72 bits per heavy atom. The topological polar surface area (TPSA) is 61.4 Å². The van der Waals surface area contributed by atoms with Crippen LogP contribution in [0, 0.1) is 12.7 Å². The fourth-order valence-corrected chi connectivity index (χ4v) is 4.15. The molecule has 0 spiro atoms. The number of piperazine rings is 1. The fraction of sp³-hybridized carbons (Fsp3) is 0.500. The summed E-state index contributed by atoms with van der Waals surface area (Å²) in [4.78, 5) is 26.0. The molecule has 0 bridgehead atoms. The lowest BCUT2D eigenvalue weighted by atomic mass is 9.96. The zero-order chi connectivity index (χ0) is 20.2. The lowest BCUT2D eigenvalue weighted by Crippen LogP contribution is -2.49. The quantitative estimate of drug-likeness (QED) is 0.854. The van der Waals surface area contributed by atoms with Gasteiger partial charge in [-0.1, -0.05) is 19.3 Å². The standard InChI is InChI=1S/C22H28FN5O/c1-16-15-20(26-22(24-16)25-18-5-3-2-4-6-18)21(29)28-13-11-27(12-14-28)19-9-7-17(23)8-10-19/h7-10,15,18H,2-6,11-14H2,1H3,(H,24,25,26). The van der Waals surface area contributed by atoms with Gasteiger partial charge in [0.05, 0.1) is 0 Å². The second-order valence-corrected chi connectivity index (χ2v) is 7.95. The Labute approximate surface area is 171 Å². The van der Waals surface area contributed by atoms with Gasteiger partial charge in [-0.15, -0.1) is 0 Å². The van der Waals surface area contributed by atoms with Crippen molar-refractivity contribution < 1.29 is 9.18 Å². The van der Waals surface area contributed by atoms with Crippen molar-refractivity contribution in [3.8, 4) is 0 Å². The molecule has 29 heavy (non-hydrogen) atoms. The molecule has 1 N–H and O–H groups in total. The Morgan fingerprint density at radius 3 is 2.41 bits per heavy atom. The van der Waals surface area contributed by atoms with Gasteiger partial charge < -0.3 is 15.1 Å². The predicted molar refractivity (Wildman–Crippen MR) is 112 cm³/mol. The second-order valence-electron chi connectivity index (χ2n) is 7.95. The lowest BCUT2D eigenvalue weighted by Gasteiger charge is -2.36. The molecule has 1 saturated heterocycles. The van der Waals surface area contributed by atoms with E-state index < -0.39 is 0 Å². The third-order valence-electron chi connectivity index (χ3n) is 5.77. The van der Waals surface area contributed by atoms with Crippen LogP contribution in [0.4, 0.5) is 16.0 Å². The number of rotatable bonds is 4. The Kier molecular flexibility index (Phi) is 5.92. The first-order chi connectivity index (χ1) is 14.1. The van der Waals surface area contributed by atoms with Crippen molar-refractivity contribution in [3.05, 3.63) is 47.5 Å². The van der Waals surface area contributed by atoms with Gasteiger partial charge in [0, 0.05) is 43.6 Å². The van der Waals surface area contributed by atoms with Crippen molar-refractivity contribution >= 4 is 17.5 Å². The molecule has 1 aromatic carbocycles. The zero-order valence-corrected chi connectivity index (χ0v) is 16.9. The molecule has 6 nitrogen and oxygen atoms in total. The van der Waals surface area contributed by atoms with Crippen molar-refractivity contribution in [1.29, 1.82) is 0 Å². The summed E-state index contributed by atoms with van der Waals surface area (Å²) in [6.07, 6.45) is 6.01. The van der Waals surface area contributed by atoms with Crippen molar-refractivity contribution in [2.24, 2.45) is 0 Å². The summed E-state index contributed by atoms with van der Waals surface area (Å²) in [5.74, 6) is 0.269. The van der Waals surface area contributed by atoms with E-state index in [4.69, 9.17) is 0 Å². The van der Waals surface area contributed by atoms with Crippen LogP contribution in [0.2, 0.25) is 0 Å². The highest BCUT2D eigenvalue weighted by atomic mass is 19.1. The molecule has 2 fully saturated rings. The molecule has 0 radical (unpaired) electrons. The number of anilines is 2. The smallest absolute Gasteiger partial charge is 0.272 e. The number of halogens is 1. The molecular formula is C22H28FN5O. The summed E-state index contributed by atoms with van der Waals surface area (Å²) in [6.45, 7) is 4.56. The molecule has 1 aromatic heterocycles. The number of hydrogen-bond donors (Lipinski definition) is 1. The maximum atomic E-state index is 13.1. The predicted octanol–water partition coefficient (Wildman–Crippen LogP) is 3.63. The second kappa shape index (κ2) is 8.76. The van der Waals surface area contributed by atoms with Crippen LogP contribution < -0.4 is 10.2 Å². The Morgan fingerprint density at radius 1 is 1.03 bits per heavy atom. The molecule has 1 aliphatic heterocycles. The maximum absolute atomic E-state index is 13.1. The van der Waals surface area contributed by atoms with Crippen LogP contribution in [0.5, 0.6) is 0 Å². The average Bonchev–Trinajstić information content (AvgIpc) is 2.74. The van der Waals surface area contributed by atoms with Crippen LogP contribution >= 0.6 is 0 Å². The monoisotopic (exact) mass is 397 g/mol. The van der Waals surface area contributed by atoms with E-state index in [1.165, 1.54) is 31.4 Å². The number of hydrogen-bond acceptors (Lipinski definition) is 5. The van der Waals surface area contributed by atoms with Crippen LogP contribution in [-0.4, -0.2) is 53.0 Å². The minimum absolute atomic E-state index is 0.0547. The van der Waals surface area contributed by atoms with Gasteiger partial charge in [-0.3, -0.25) is 4.79 Å². The number of benzene rings is 1. The van der Waals surface area contributed by atoms with E-state index in [9.17, 15) is 9.18 Å². The summed E-state index contributed by atoms with van der Waals surface area (Å²) in [6, 6.07) is 8.66. The van der Waals surface area contributed by atoms with Crippen LogP contribution in [-0.2, 0) is 0 Å². The van der Waals surface area contributed by atoms with Crippen molar-refractivity contribution in [1.82, 2.24) is 14.9 Å². The van der Waals surface area contributed by atoms with Gasteiger partial charge in [-0.05, 0) is 50.1 Å². The highest BCUT2D eigenvalue weighted by molar-refractivity contribution is 5.92. The van der Waals surface area contributed by atoms with E-state index >= 15 is 0 Å². The maximum Gasteiger partial charge on any atom is 0.272 e. The molecule has 1 saturated carbocycles. The minimum atomic E-state index is -0.237. The SMILES string of the molecule is Cc1cc(C(=O)N2CCN(c3ccc(F)cc3)CC2)nc(NC2CCCCC2)n1. The van der Waals surface area contributed by atoms with E-state index in [1.807, 2.05) is 11.8 Å². The van der Waals surface area contributed by atoms with Crippen LogP contribution in [0.1, 0.15) is 48.3 Å². The van der Waals surface area contributed by atoms with Crippen molar-refractivity contribution in [2.75, 3.05) is 36.4 Å². The normalized spacial score (nSPS) is 18.0. The van der Waals surface area contributed by atoms with E-state index in [0.29, 0.717) is 43.9 Å². The Bertz CT molecular complexity index is 843. The van der Waals surface area contributed by atoms with E-state index in [2.05, 4.69) is 20.2 Å². The van der Waals surface area contributed by atoms with Gasteiger partial charge in [0.25, 0.3) is 5.91 Å². The molecule has 2 aliphatic rings. The van der Waals surface area contributed by atoms with E-state index in [0.717, 1.165) is 24.2 Å². The molecule has 4 rings (SSSR count). The summed E-state index contributed by atoms with van der Waals surface area (Å²) in [7, 11) is 0. The first-order valence-corrected chi connectivity index (χ1v) is 10.5. The van der Waals surface area contributed by atoms with Gasteiger partial charge in [0.2, 0.25) is 5.95 Å². The third-order valence-corrected chi connectivity index (χ3v) is 5.77.